The molecule has 1 aromatic carbocycles. The molecule has 3 unspecified atom stereocenters. The largest absolute Gasteiger partial charge is 0.495 e. The zero-order chi connectivity index (χ0) is 15.0. The van der Waals surface area contributed by atoms with Gasteiger partial charge in [-0.1, -0.05) is 13.8 Å². The van der Waals surface area contributed by atoms with Crippen molar-refractivity contribution in [2.75, 3.05) is 12.8 Å². The van der Waals surface area contributed by atoms with E-state index < -0.39 is 0 Å². The first kappa shape index (κ1) is 13.9. The normalized spacial score (nSPS) is 25.2. The molecule has 2 aromatic rings. The molecule has 2 N–H and O–H groups in total. The summed E-state index contributed by atoms with van der Waals surface area (Å²) in [6.07, 6.45) is 2.34. The minimum absolute atomic E-state index is 0.355. The maximum absolute atomic E-state index is 5.99. The SMILES string of the molecule is COc1ccc(-c2nnnn2C2CCC(C)C2C)cc1N. The molecule has 3 rings (SSSR count). The Balaban J connectivity index is 1.97. The topological polar surface area (TPSA) is 78.9 Å². The lowest BCUT2D eigenvalue weighted by atomic mass is 9.98. The van der Waals surface area contributed by atoms with Crippen LogP contribution in [0.4, 0.5) is 5.69 Å². The quantitative estimate of drug-likeness (QED) is 0.878. The van der Waals surface area contributed by atoms with Crippen LogP contribution in [0, 0.1) is 11.8 Å². The molecule has 1 aliphatic rings. The number of hydrogen-bond donors (Lipinski definition) is 1. The maximum Gasteiger partial charge on any atom is 0.182 e. The third-order valence-electron chi connectivity index (χ3n) is 4.72. The standard InChI is InChI=1S/C15H21N5O/c1-9-4-6-13(10(9)2)20-15(17-18-19-20)11-5-7-14(21-3)12(16)8-11/h5,7-10,13H,4,6,16H2,1-3H3. The molecule has 21 heavy (non-hydrogen) atoms. The molecular weight excluding hydrogens is 266 g/mol. The van der Waals surface area contributed by atoms with Crippen LogP contribution in [0.1, 0.15) is 32.7 Å². The van der Waals surface area contributed by atoms with E-state index >= 15 is 0 Å². The number of nitrogen functional groups attached to an aromatic ring is 1. The van der Waals surface area contributed by atoms with Crippen LogP contribution in [0.3, 0.4) is 0 Å². The predicted octanol–water partition coefficient (Wildman–Crippen LogP) is 2.54. The third kappa shape index (κ3) is 2.34. The van der Waals surface area contributed by atoms with Crippen molar-refractivity contribution in [2.45, 2.75) is 32.7 Å². The number of methoxy groups -OCH3 is 1. The second-order valence-corrected chi connectivity index (χ2v) is 5.88. The summed E-state index contributed by atoms with van der Waals surface area (Å²) in [4.78, 5) is 0. The number of anilines is 1. The number of aromatic nitrogens is 4. The molecule has 0 bridgehead atoms. The van der Waals surface area contributed by atoms with Crippen LogP contribution in [0.15, 0.2) is 18.2 Å². The van der Waals surface area contributed by atoms with Gasteiger partial charge < -0.3 is 10.5 Å². The van der Waals surface area contributed by atoms with Gasteiger partial charge in [-0.3, -0.25) is 0 Å². The van der Waals surface area contributed by atoms with E-state index in [1.54, 1.807) is 7.11 Å². The van der Waals surface area contributed by atoms with Gasteiger partial charge in [0.15, 0.2) is 5.82 Å². The van der Waals surface area contributed by atoms with E-state index in [1.165, 1.54) is 6.42 Å². The van der Waals surface area contributed by atoms with Gasteiger partial charge in [-0.15, -0.1) is 5.10 Å². The molecule has 6 heteroatoms. The van der Waals surface area contributed by atoms with Crippen LogP contribution >= 0.6 is 0 Å². The van der Waals surface area contributed by atoms with Gasteiger partial charge in [-0.05, 0) is 53.3 Å². The molecule has 1 fully saturated rings. The van der Waals surface area contributed by atoms with E-state index in [2.05, 4.69) is 29.4 Å². The summed E-state index contributed by atoms with van der Waals surface area (Å²) in [6.45, 7) is 4.57. The molecule has 1 aromatic heterocycles. The number of rotatable bonds is 3. The fourth-order valence-electron chi connectivity index (χ4n) is 3.16. The summed E-state index contributed by atoms with van der Waals surface area (Å²) < 4.78 is 7.15. The van der Waals surface area contributed by atoms with Gasteiger partial charge >= 0.3 is 0 Å². The molecular formula is C15H21N5O. The Bertz CT molecular complexity index is 639. The van der Waals surface area contributed by atoms with Crippen molar-refractivity contribution < 1.29 is 4.74 Å². The highest BCUT2D eigenvalue weighted by molar-refractivity contribution is 5.66. The summed E-state index contributed by atoms with van der Waals surface area (Å²) in [5.41, 5.74) is 7.50. The number of ether oxygens (including phenoxy) is 1. The first-order chi connectivity index (χ1) is 10.1. The Labute approximate surface area is 124 Å². The van der Waals surface area contributed by atoms with Crippen LogP contribution in [0.5, 0.6) is 5.75 Å². The van der Waals surface area contributed by atoms with E-state index in [-0.39, 0.29) is 0 Å². The molecule has 0 radical (unpaired) electrons. The monoisotopic (exact) mass is 287 g/mol. The first-order valence-corrected chi connectivity index (χ1v) is 7.33. The van der Waals surface area contributed by atoms with Gasteiger partial charge in [-0.25, -0.2) is 4.68 Å². The lowest BCUT2D eigenvalue weighted by molar-refractivity contribution is 0.328. The molecule has 3 atom stereocenters. The molecule has 0 saturated heterocycles. The number of benzene rings is 1. The van der Waals surface area contributed by atoms with Crippen molar-refractivity contribution in [1.29, 1.82) is 0 Å². The average Bonchev–Trinajstić information content (AvgIpc) is 3.07. The van der Waals surface area contributed by atoms with Crippen molar-refractivity contribution in [2.24, 2.45) is 11.8 Å². The number of hydrogen-bond acceptors (Lipinski definition) is 5. The molecule has 1 heterocycles. The molecule has 0 amide bonds. The Morgan fingerprint density at radius 3 is 2.71 bits per heavy atom. The molecule has 1 saturated carbocycles. The summed E-state index contributed by atoms with van der Waals surface area (Å²) in [6, 6.07) is 6.02. The van der Waals surface area contributed by atoms with E-state index in [0.29, 0.717) is 29.3 Å². The summed E-state index contributed by atoms with van der Waals surface area (Å²) in [7, 11) is 1.61. The van der Waals surface area contributed by atoms with Crippen LogP contribution in [-0.2, 0) is 0 Å². The maximum atomic E-state index is 5.99. The molecule has 6 nitrogen and oxygen atoms in total. The van der Waals surface area contributed by atoms with Crippen molar-refractivity contribution in [1.82, 2.24) is 20.2 Å². The number of nitrogens with zero attached hydrogens (tertiary/aromatic N) is 4. The second kappa shape index (κ2) is 5.35. The van der Waals surface area contributed by atoms with Crippen LogP contribution in [-0.4, -0.2) is 27.3 Å². The van der Waals surface area contributed by atoms with Crippen molar-refractivity contribution >= 4 is 5.69 Å². The zero-order valence-corrected chi connectivity index (χ0v) is 12.7. The van der Waals surface area contributed by atoms with Crippen molar-refractivity contribution in [3.8, 4) is 17.1 Å². The molecule has 112 valence electrons. The summed E-state index contributed by atoms with van der Waals surface area (Å²) in [5, 5.41) is 12.3. The highest BCUT2D eigenvalue weighted by atomic mass is 16.5. The van der Waals surface area contributed by atoms with E-state index in [4.69, 9.17) is 10.5 Å². The molecule has 0 spiro atoms. The van der Waals surface area contributed by atoms with Crippen LogP contribution in [0.2, 0.25) is 0 Å². The van der Waals surface area contributed by atoms with E-state index in [1.807, 2.05) is 22.9 Å². The highest BCUT2D eigenvalue weighted by Crippen LogP contribution is 2.41. The lowest BCUT2D eigenvalue weighted by Gasteiger charge is -2.19. The Morgan fingerprint density at radius 1 is 1.29 bits per heavy atom. The van der Waals surface area contributed by atoms with Crippen LogP contribution < -0.4 is 10.5 Å². The lowest BCUT2D eigenvalue weighted by Crippen LogP contribution is -2.17. The minimum atomic E-state index is 0.355. The van der Waals surface area contributed by atoms with Gasteiger partial charge in [0.25, 0.3) is 0 Å². The smallest absolute Gasteiger partial charge is 0.182 e. The van der Waals surface area contributed by atoms with E-state index in [9.17, 15) is 0 Å². The van der Waals surface area contributed by atoms with E-state index in [0.717, 1.165) is 17.8 Å². The number of tetrazole rings is 1. The van der Waals surface area contributed by atoms with Crippen molar-refractivity contribution in [3.63, 3.8) is 0 Å². The third-order valence-corrected chi connectivity index (χ3v) is 4.72. The van der Waals surface area contributed by atoms with Crippen molar-refractivity contribution in [3.05, 3.63) is 18.2 Å². The summed E-state index contributed by atoms with van der Waals surface area (Å²) >= 11 is 0. The van der Waals surface area contributed by atoms with Gasteiger partial charge in [0, 0.05) is 5.56 Å². The average molecular weight is 287 g/mol. The Hall–Kier alpha value is -2.11. The first-order valence-electron chi connectivity index (χ1n) is 7.33. The van der Waals surface area contributed by atoms with Gasteiger partial charge in [0.05, 0.1) is 18.8 Å². The second-order valence-electron chi connectivity index (χ2n) is 5.88. The molecule has 1 aliphatic carbocycles. The Morgan fingerprint density at radius 2 is 2.10 bits per heavy atom. The van der Waals surface area contributed by atoms with Gasteiger partial charge in [-0.2, -0.15) is 0 Å². The van der Waals surface area contributed by atoms with Crippen LogP contribution in [0.25, 0.3) is 11.4 Å². The fourth-order valence-corrected chi connectivity index (χ4v) is 3.16. The summed E-state index contributed by atoms with van der Waals surface area (Å²) in [5.74, 6) is 2.71. The highest BCUT2D eigenvalue weighted by Gasteiger charge is 2.33. The van der Waals surface area contributed by atoms with Gasteiger partial charge in [0.2, 0.25) is 0 Å². The zero-order valence-electron chi connectivity index (χ0n) is 12.7. The molecule has 0 aliphatic heterocycles. The Kier molecular flexibility index (Phi) is 3.53. The van der Waals surface area contributed by atoms with Gasteiger partial charge in [0.1, 0.15) is 5.75 Å². The fraction of sp³-hybridized carbons (Fsp3) is 0.533. The predicted molar refractivity (Wildman–Crippen MR) is 80.8 cm³/mol. The number of nitrogens with two attached hydrogens (primary N) is 1. The minimum Gasteiger partial charge on any atom is -0.495 e.